The second-order valence-corrected chi connectivity index (χ2v) is 10.7. The number of rotatable bonds is 13. The van der Waals surface area contributed by atoms with Crippen molar-refractivity contribution in [1.82, 2.24) is 0 Å². The first-order valence-electron chi connectivity index (χ1n) is 10.4. The molecule has 0 aliphatic carbocycles. The van der Waals surface area contributed by atoms with Gasteiger partial charge in [0.15, 0.2) is 0 Å². The van der Waals surface area contributed by atoms with Gasteiger partial charge in [-0.3, -0.25) is 0 Å². The van der Waals surface area contributed by atoms with Crippen LogP contribution < -0.4 is 0 Å². The van der Waals surface area contributed by atoms with Gasteiger partial charge in [-0.2, -0.15) is 0 Å². The SMILES string of the molecule is CCCCCCCc1cc(C)sc1-c1cc(CCCCCCBr)c(C)s1. The van der Waals surface area contributed by atoms with Gasteiger partial charge in [0, 0.05) is 24.8 Å². The van der Waals surface area contributed by atoms with Crippen LogP contribution in [0.15, 0.2) is 12.1 Å². The zero-order chi connectivity index (χ0) is 18.8. The molecule has 26 heavy (non-hydrogen) atoms. The Morgan fingerprint density at radius 3 is 2.12 bits per heavy atom. The van der Waals surface area contributed by atoms with Crippen LogP contribution in [0, 0.1) is 13.8 Å². The van der Waals surface area contributed by atoms with Gasteiger partial charge in [0.2, 0.25) is 0 Å². The fourth-order valence-electron chi connectivity index (χ4n) is 3.52. The van der Waals surface area contributed by atoms with Crippen molar-refractivity contribution >= 4 is 38.6 Å². The Morgan fingerprint density at radius 1 is 0.769 bits per heavy atom. The molecule has 146 valence electrons. The van der Waals surface area contributed by atoms with Crippen LogP contribution in [-0.2, 0) is 12.8 Å². The van der Waals surface area contributed by atoms with Crippen LogP contribution in [0.5, 0.6) is 0 Å². The van der Waals surface area contributed by atoms with Gasteiger partial charge in [0.05, 0.1) is 0 Å². The van der Waals surface area contributed by atoms with E-state index in [9.17, 15) is 0 Å². The zero-order valence-electron chi connectivity index (χ0n) is 16.8. The van der Waals surface area contributed by atoms with Gasteiger partial charge in [0.25, 0.3) is 0 Å². The minimum atomic E-state index is 1.15. The maximum absolute atomic E-state index is 3.53. The minimum absolute atomic E-state index is 1.15. The standard InChI is InChI=1S/C23H35BrS2/c1-4-5-6-7-11-14-21-16-18(2)25-23(21)22-17-20(19(3)26-22)13-10-8-9-12-15-24/h16-17H,4-15H2,1-3H3. The second kappa shape index (κ2) is 12.4. The maximum Gasteiger partial charge on any atom is 0.0477 e. The summed E-state index contributed by atoms with van der Waals surface area (Å²) in [6, 6.07) is 4.94. The highest BCUT2D eigenvalue weighted by Gasteiger charge is 2.14. The van der Waals surface area contributed by atoms with Crippen molar-refractivity contribution in [1.29, 1.82) is 0 Å². The predicted octanol–water partition coefficient (Wildman–Crippen LogP) is 9.10. The summed E-state index contributed by atoms with van der Waals surface area (Å²) in [5, 5.41) is 1.15. The molecule has 0 aliphatic heterocycles. The lowest BCUT2D eigenvalue weighted by molar-refractivity contribution is 0.633. The number of thiophene rings is 2. The maximum atomic E-state index is 3.53. The van der Waals surface area contributed by atoms with Crippen LogP contribution in [0.4, 0.5) is 0 Å². The first-order valence-corrected chi connectivity index (χ1v) is 13.2. The van der Waals surface area contributed by atoms with E-state index in [1.165, 1.54) is 85.3 Å². The Morgan fingerprint density at radius 2 is 1.42 bits per heavy atom. The third kappa shape index (κ3) is 7.13. The molecule has 0 aliphatic rings. The van der Waals surface area contributed by atoms with Gasteiger partial charge >= 0.3 is 0 Å². The summed E-state index contributed by atoms with van der Waals surface area (Å²) in [4.78, 5) is 6.06. The average molecular weight is 456 g/mol. The average Bonchev–Trinajstić information content (AvgIpc) is 3.17. The van der Waals surface area contributed by atoms with Crippen molar-refractivity contribution in [3.63, 3.8) is 0 Å². The second-order valence-electron chi connectivity index (χ2n) is 7.42. The molecule has 3 heteroatoms. The van der Waals surface area contributed by atoms with Crippen molar-refractivity contribution in [3.05, 3.63) is 33.0 Å². The van der Waals surface area contributed by atoms with E-state index in [0.717, 1.165) is 5.33 Å². The molecule has 0 N–H and O–H groups in total. The van der Waals surface area contributed by atoms with Crippen LogP contribution >= 0.6 is 38.6 Å². The third-order valence-electron chi connectivity index (χ3n) is 5.06. The van der Waals surface area contributed by atoms with E-state index in [0.29, 0.717) is 0 Å². The van der Waals surface area contributed by atoms with E-state index in [2.05, 4.69) is 48.8 Å². The molecule has 2 heterocycles. The number of alkyl halides is 1. The molecule has 0 unspecified atom stereocenters. The smallest absolute Gasteiger partial charge is 0.0477 e. The molecule has 0 amide bonds. The Bertz CT molecular complexity index is 639. The molecule has 0 saturated heterocycles. The van der Waals surface area contributed by atoms with E-state index < -0.39 is 0 Å². The summed E-state index contributed by atoms with van der Waals surface area (Å²) in [6.45, 7) is 6.87. The molecule has 0 spiro atoms. The summed E-state index contributed by atoms with van der Waals surface area (Å²) in [7, 11) is 0. The normalized spacial score (nSPS) is 11.4. The van der Waals surface area contributed by atoms with Gasteiger partial charge in [0.1, 0.15) is 0 Å². The number of halogens is 1. The van der Waals surface area contributed by atoms with Crippen molar-refractivity contribution in [2.24, 2.45) is 0 Å². The van der Waals surface area contributed by atoms with Crippen molar-refractivity contribution in [2.45, 2.75) is 91.4 Å². The highest BCUT2D eigenvalue weighted by molar-refractivity contribution is 9.09. The molecule has 0 fully saturated rings. The number of hydrogen-bond acceptors (Lipinski definition) is 2. The Hall–Kier alpha value is -0.120. The van der Waals surface area contributed by atoms with Gasteiger partial charge in [-0.05, 0) is 69.2 Å². The topological polar surface area (TPSA) is 0 Å². The van der Waals surface area contributed by atoms with Crippen LogP contribution in [0.3, 0.4) is 0 Å². The number of hydrogen-bond donors (Lipinski definition) is 0. The predicted molar refractivity (Wildman–Crippen MR) is 126 cm³/mol. The number of aryl methyl sites for hydroxylation is 4. The quantitative estimate of drug-likeness (QED) is 0.209. The molecule has 0 aromatic carbocycles. The molecule has 0 nitrogen and oxygen atoms in total. The van der Waals surface area contributed by atoms with E-state index in [1.54, 1.807) is 16.0 Å². The summed E-state index contributed by atoms with van der Waals surface area (Å²) in [5.74, 6) is 0. The largest absolute Gasteiger partial charge is 0.139 e. The summed E-state index contributed by atoms with van der Waals surface area (Å²) in [6.07, 6.45) is 14.7. The lowest BCUT2D eigenvalue weighted by Gasteiger charge is -2.02. The lowest BCUT2D eigenvalue weighted by atomic mass is 10.0. The molecule has 0 atom stereocenters. The van der Waals surface area contributed by atoms with Crippen LogP contribution in [-0.4, -0.2) is 5.33 Å². The molecular formula is C23H35BrS2. The molecule has 0 saturated carbocycles. The van der Waals surface area contributed by atoms with Crippen molar-refractivity contribution in [2.75, 3.05) is 5.33 Å². The van der Waals surface area contributed by atoms with E-state index in [1.807, 2.05) is 22.7 Å². The fourth-order valence-corrected chi connectivity index (χ4v) is 6.19. The van der Waals surface area contributed by atoms with Crippen molar-refractivity contribution < 1.29 is 0 Å². The molecule has 2 rings (SSSR count). The summed E-state index contributed by atoms with van der Waals surface area (Å²) in [5.41, 5.74) is 3.18. The molecule has 2 aromatic heterocycles. The fraction of sp³-hybridized carbons (Fsp3) is 0.652. The Labute approximate surface area is 177 Å². The van der Waals surface area contributed by atoms with E-state index >= 15 is 0 Å². The Kier molecular flexibility index (Phi) is 10.5. The molecule has 2 aromatic rings. The van der Waals surface area contributed by atoms with Gasteiger partial charge in [-0.15, -0.1) is 22.7 Å². The summed E-state index contributed by atoms with van der Waals surface area (Å²) < 4.78 is 0. The first kappa shape index (κ1) is 22.2. The van der Waals surface area contributed by atoms with Crippen LogP contribution in [0.2, 0.25) is 0 Å². The van der Waals surface area contributed by atoms with Crippen molar-refractivity contribution in [3.8, 4) is 9.75 Å². The number of unbranched alkanes of at least 4 members (excludes halogenated alkanes) is 7. The van der Waals surface area contributed by atoms with Gasteiger partial charge in [-0.1, -0.05) is 61.4 Å². The monoisotopic (exact) mass is 454 g/mol. The third-order valence-corrected chi connectivity index (χ3v) is 7.98. The molecule has 0 radical (unpaired) electrons. The van der Waals surface area contributed by atoms with E-state index in [4.69, 9.17) is 0 Å². The summed E-state index contributed by atoms with van der Waals surface area (Å²) >= 11 is 7.54. The Balaban J connectivity index is 1.96. The zero-order valence-corrected chi connectivity index (χ0v) is 20.1. The molecular weight excluding hydrogens is 420 g/mol. The molecule has 0 bridgehead atoms. The minimum Gasteiger partial charge on any atom is -0.139 e. The lowest BCUT2D eigenvalue weighted by Crippen LogP contribution is -1.87. The highest BCUT2D eigenvalue weighted by atomic mass is 79.9. The van der Waals surface area contributed by atoms with E-state index in [-0.39, 0.29) is 0 Å². The van der Waals surface area contributed by atoms with Gasteiger partial charge in [-0.25, -0.2) is 0 Å². The van der Waals surface area contributed by atoms with Crippen LogP contribution in [0.1, 0.15) is 85.6 Å². The highest BCUT2D eigenvalue weighted by Crippen LogP contribution is 2.39. The van der Waals surface area contributed by atoms with Gasteiger partial charge < -0.3 is 0 Å². The first-order chi connectivity index (χ1) is 12.7. The van der Waals surface area contributed by atoms with Crippen LogP contribution in [0.25, 0.3) is 9.75 Å².